The summed E-state index contributed by atoms with van der Waals surface area (Å²) in [7, 11) is -5.17. The number of hydrogen-bond acceptors (Lipinski definition) is 5. The Hall–Kier alpha value is 1.35. The van der Waals surface area contributed by atoms with Crippen LogP contribution < -0.4 is 29.6 Å². The Bertz CT molecular complexity index is 95.6. The molecule has 0 saturated heterocycles. The second kappa shape index (κ2) is 8.35. The third-order valence-corrected chi connectivity index (χ3v) is 0. The van der Waals surface area contributed by atoms with Crippen molar-refractivity contribution in [1.29, 1.82) is 0 Å². The molecule has 0 spiro atoms. The SMILES string of the molecule is O=S(=O)([O-])[O-].[Mn+2].[Na+].[OH-]. The first-order valence-corrected chi connectivity index (χ1v) is 2.00. The van der Waals surface area contributed by atoms with E-state index >= 15 is 0 Å². The van der Waals surface area contributed by atoms with E-state index in [1.807, 2.05) is 0 Å². The summed E-state index contributed by atoms with van der Waals surface area (Å²) < 4.78 is 34.1. The molecule has 0 aliphatic rings. The van der Waals surface area contributed by atoms with Gasteiger partial charge >= 0.3 is 46.6 Å². The van der Waals surface area contributed by atoms with E-state index in [4.69, 9.17) is 17.5 Å². The van der Waals surface area contributed by atoms with E-state index in [1.54, 1.807) is 0 Å². The molecule has 0 fully saturated rings. The minimum absolute atomic E-state index is 0. The van der Waals surface area contributed by atoms with Gasteiger partial charge in [0.25, 0.3) is 0 Å². The summed E-state index contributed by atoms with van der Waals surface area (Å²) in [6.45, 7) is 0. The van der Waals surface area contributed by atoms with Crippen LogP contribution in [-0.2, 0) is 27.5 Å². The first-order valence-electron chi connectivity index (χ1n) is 0.667. The van der Waals surface area contributed by atoms with Gasteiger partial charge in [-0.2, -0.15) is 0 Å². The minimum atomic E-state index is -5.17. The van der Waals surface area contributed by atoms with Crippen molar-refractivity contribution in [2.45, 2.75) is 0 Å². The maximum atomic E-state index is 8.52. The van der Waals surface area contributed by atoms with E-state index in [0.717, 1.165) is 0 Å². The predicted molar refractivity (Wildman–Crippen MR) is 12.4 cm³/mol. The van der Waals surface area contributed by atoms with E-state index in [0.29, 0.717) is 0 Å². The van der Waals surface area contributed by atoms with Gasteiger partial charge in [-0.25, -0.2) is 0 Å². The van der Waals surface area contributed by atoms with Gasteiger partial charge < -0.3 is 14.6 Å². The van der Waals surface area contributed by atoms with Crippen molar-refractivity contribution in [2.24, 2.45) is 0 Å². The Morgan fingerprint density at radius 3 is 1.12 bits per heavy atom. The zero-order valence-corrected chi connectivity index (χ0v) is 7.86. The number of hydrogen-bond donors (Lipinski definition) is 0. The largest absolute Gasteiger partial charge is 2.00 e. The van der Waals surface area contributed by atoms with Gasteiger partial charge in [-0.3, -0.25) is 8.42 Å². The summed E-state index contributed by atoms with van der Waals surface area (Å²) in [5, 5.41) is 0. The Labute approximate surface area is 79.5 Å². The minimum Gasteiger partial charge on any atom is -0.870 e. The van der Waals surface area contributed by atoms with E-state index in [2.05, 4.69) is 0 Å². The second-order valence-corrected chi connectivity index (χ2v) is 1.22. The molecule has 0 unspecified atom stereocenters. The van der Waals surface area contributed by atoms with Crippen LogP contribution in [0.2, 0.25) is 0 Å². The quantitative estimate of drug-likeness (QED) is 0.217. The molecule has 0 atom stereocenters. The molecule has 0 saturated carbocycles. The average Bonchev–Trinajstić information content (AvgIpc) is 0.722. The van der Waals surface area contributed by atoms with Gasteiger partial charge in [-0.05, 0) is 0 Å². The molecular formula is HMnNaO5S. The fourth-order valence-electron chi connectivity index (χ4n) is 0. The van der Waals surface area contributed by atoms with Crippen LogP contribution in [0.25, 0.3) is 0 Å². The summed E-state index contributed by atoms with van der Waals surface area (Å²) in [6, 6.07) is 0. The molecule has 1 N–H and O–H groups in total. The van der Waals surface area contributed by atoms with Crippen LogP contribution in [0.4, 0.5) is 0 Å². The van der Waals surface area contributed by atoms with E-state index in [1.165, 1.54) is 0 Å². The summed E-state index contributed by atoms with van der Waals surface area (Å²) in [4.78, 5) is 0. The Morgan fingerprint density at radius 2 is 1.12 bits per heavy atom. The molecule has 5 nitrogen and oxygen atoms in total. The van der Waals surface area contributed by atoms with Crippen LogP contribution in [0, 0.1) is 0 Å². The normalized spacial score (nSPS) is 7.25. The Balaban J connectivity index is -0.0000000267. The Morgan fingerprint density at radius 1 is 1.12 bits per heavy atom. The van der Waals surface area contributed by atoms with Gasteiger partial charge in [0.05, 0.1) is 0 Å². The molecule has 0 aromatic rings. The van der Waals surface area contributed by atoms with Gasteiger partial charge in [0.2, 0.25) is 0 Å². The molecule has 0 aliphatic carbocycles. The van der Waals surface area contributed by atoms with Crippen molar-refractivity contribution < 1.29 is 69.6 Å². The van der Waals surface area contributed by atoms with Gasteiger partial charge in [0.1, 0.15) is 0 Å². The molecular weight excluding hydrogens is 190 g/mol. The van der Waals surface area contributed by atoms with E-state index in [9.17, 15) is 0 Å². The summed E-state index contributed by atoms with van der Waals surface area (Å²) >= 11 is 0. The first kappa shape index (κ1) is 22.8. The molecule has 0 rings (SSSR count). The van der Waals surface area contributed by atoms with Crippen molar-refractivity contribution >= 4 is 10.4 Å². The van der Waals surface area contributed by atoms with Gasteiger partial charge in [-0.15, -0.1) is 0 Å². The van der Waals surface area contributed by atoms with Gasteiger partial charge in [-0.1, -0.05) is 0 Å². The summed E-state index contributed by atoms with van der Waals surface area (Å²) in [5.41, 5.74) is 0. The second-order valence-electron chi connectivity index (χ2n) is 0.408. The van der Waals surface area contributed by atoms with Crippen LogP contribution in [-0.4, -0.2) is 23.0 Å². The van der Waals surface area contributed by atoms with E-state index < -0.39 is 10.4 Å². The monoisotopic (exact) mass is 191 g/mol. The average molecular weight is 191 g/mol. The first-order chi connectivity index (χ1) is 2.00. The molecule has 0 bridgehead atoms. The van der Waals surface area contributed by atoms with Crippen molar-refractivity contribution in [3.05, 3.63) is 0 Å². The van der Waals surface area contributed by atoms with Crippen LogP contribution in [0.5, 0.6) is 0 Å². The topological polar surface area (TPSA) is 110 Å². The molecule has 0 aliphatic heterocycles. The Kier molecular flexibility index (Phi) is 23.8. The number of rotatable bonds is 0. The van der Waals surface area contributed by atoms with Gasteiger partial charge in [0, 0.05) is 10.4 Å². The summed E-state index contributed by atoms with van der Waals surface area (Å²) in [6.07, 6.45) is 0. The van der Waals surface area contributed by atoms with Crippen molar-refractivity contribution in [3.8, 4) is 0 Å². The predicted octanol–water partition coefficient (Wildman–Crippen LogP) is -4.51. The standard InChI is InChI=1S/Mn.Na.H2O4S.H2O/c;;1-5(2,3)4;/h;;(H2,1,2,3,4);1H2/q+2;+1;;/p-3. The molecule has 0 aromatic heterocycles. The van der Waals surface area contributed by atoms with Crippen LogP contribution in [0.3, 0.4) is 0 Å². The fraction of sp³-hybridized carbons (Fsp3) is 0. The van der Waals surface area contributed by atoms with Crippen LogP contribution in [0.15, 0.2) is 0 Å². The zero-order chi connectivity index (χ0) is 4.50. The molecule has 1 radical (unpaired) electrons. The van der Waals surface area contributed by atoms with Crippen molar-refractivity contribution in [1.82, 2.24) is 0 Å². The third kappa shape index (κ3) is 163. The molecule has 45 valence electrons. The molecule has 0 aromatic carbocycles. The van der Waals surface area contributed by atoms with Crippen molar-refractivity contribution in [3.63, 3.8) is 0 Å². The molecule has 0 heterocycles. The third-order valence-electron chi connectivity index (χ3n) is 0. The zero-order valence-electron chi connectivity index (χ0n) is 3.87. The maximum Gasteiger partial charge on any atom is 2.00 e. The van der Waals surface area contributed by atoms with Crippen molar-refractivity contribution in [2.75, 3.05) is 0 Å². The smallest absolute Gasteiger partial charge is 0.870 e. The summed E-state index contributed by atoms with van der Waals surface area (Å²) in [5.74, 6) is 0. The molecule has 8 heteroatoms. The van der Waals surface area contributed by atoms with E-state index in [-0.39, 0.29) is 52.1 Å². The molecule has 8 heavy (non-hydrogen) atoms. The molecule has 0 amide bonds. The van der Waals surface area contributed by atoms with Crippen LogP contribution in [0.1, 0.15) is 0 Å². The fourth-order valence-corrected chi connectivity index (χ4v) is 0. The van der Waals surface area contributed by atoms with Gasteiger partial charge in [0.15, 0.2) is 0 Å². The maximum absolute atomic E-state index is 8.52. The van der Waals surface area contributed by atoms with Crippen LogP contribution >= 0.6 is 0 Å².